The lowest BCUT2D eigenvalue weighted by Gasteiger charge is -2.36. The van der Waals surface area contributed by atoms with Gasteiger partial charge in [-0.15, -0.1) is 5.10 Å². The smallest absolute Gasteiger partial charge is 0.184 e. The van der Waals surface area contributed by atoms with Gasteiger partial charge in [-0.3, -0.25) is 0 Å². The van der Waals surface area contributed by atoms with E-state index in [1.54, 1.807) is 0 Å². The Labute approximate surface area is 118 Å². The van der Waals surface area contributed by atoms with E-state index in [0.29, 0.717) is 29.2 Å². The van der Waals surface area contributed by atoms with Crippen molar-refractivity contribution in [1.82, 2.24) is 25.0 Å². The van der Waals surface area contributed by atoms with Crippen LogP contribution in [0.15, 0.2) is 6.33 Å². The van der Waals surface area contributed by atoms with Crippen molar-refractivity contribution in [3.05, 3.63) is 6.33 Å². The topological polar surface area (TPSA) is 82.5 Å². The van der Waals surface area contributed by atoms with E-state index in [9.17, 15) is 0 Å². The van der Waals surface area contributed by atoms with Crippen molar-refractivity contribution in [2.45, 2.75) is 46.1 Å². The second kappa shape index (κ2) is 5.00. The first-order valence-electron chi connectivity index (χ1n) is 7.39. The third kappa shape index (κ3) is 2.13. The first-order valence-corrected chi connectivity index (χ1v) is 7.39. The largest absolute Gasteiger partial charge is 0.382 e. The van der Waals surface area contributed by atoms with Crippen LogP contribution in [0.5, 0.6) is 0 Å². The molecule has 108 valence electrons. The SMILES string of the molecule is CC(C)[C@H]1CC[C@H](C)[C@H](n2nnc3c(N)ncnc32)C1. The maximum atomic E-state index is 5.84. The Kier molecular flexibility index (Phi) is 3.31. The fourth-order valence-electron chi connectivity index (χ4n) is 3.28. The van der Waals surface area contributed by atoms with E-state index in [1.807, 2.05) is 4.68 Å². The molecule has 1 saturated carbocycles. The summed E-state index contributed by atoms with van der Waals surface area (Å²) in [6.07, 6.45) is 5.17. The molecule has 3 rings (SSSR count). The van der Waals surface area contributed by atoms with E-state index in [-0.39, 0.29) is 0 Å². The monoisotopic (exact) mass is 274 g/mol. The number of aromatic nitrogens is 5. The Morgan fingerprint density at radius 3 is 2.85 bits per heavy atom. The first-order chi connectivity index (χ1) is 9.58. The summed E-state index contributed by atoms with van der Waals surface area (Å²) < 4.78 is 1.96. The summed E-state index contributed by atoms with van der Waals surface area (Å²) in [6.45, 7) is 6.90. The van der Waals surface area contributed by atoms with Crippen LogP contribution in [-0.2, 0) is 0 Å². The fraction of sp³-hybridized carbons (Fsp3) is 0.714. The number of nitrogens with zero attached hydrogens (tertiary/aromatic N) is 5. The third-order valence-corrected chi connectivity index (χ3v) is 4.74. The second-order valence-electron chi connectivity index (χ2n) is 6.33. The molecular formula is C14H22N6. The summed E-state index contributed by atoms with van der Waals surface area (Å²) in [5.41, 5.74) is 7.22. The highest BCUT2D eigenvalue weighted by atomic mass is 15.5. The number of fused-ring (bicyclic) bond motifs is 1. The quantitative estimate of drug-likeness (QED) is 0.909. The van der Waals surface area contributed by atoms with Gasteiger partial charge in [0.25, 0.3) is 0 Å². The predicted molar refractivity (Wildman–Crippen MR) is 77.9 cm³/mol. The molecule has 6 heteroatoms. The van der Waals surface area contributed by atoms with E-state index in [0.717, 1.165) is 18.0 Å². The third-order valence-electron chi connectivity index (χ3n) is 4.74. The summed E-state index contributed by atoms with van der Waals surface area (Å²) in [7, 11) is 0. The van der Waals surface area contributed by atoms with Crippen molar-refractivity contribution >= 4 is 17.0 Å². The molecule has 0 radical (unpaired) electrons. The van der Waals surface area contributed by atoms with Crippen molar-refractivity contribution < 1.29 is 0 Å². The van der Waals surface area contributed by atoms with Gasteiger partial charge < -0.3 is 5.73 Å². The average molecular weight is 274 g/mol. The first kappa shape index (κ1) is 13.3. The number of hydrogen-bond acceptors (Lipinski definition) is 5. The number of rotatable bonds is 2. The molecule has 0 saturated heterocycles. The minimum Gasteiger partial charge on any atom is -0.382 e. The molecule has 1 aliphatic rings. The lowest BCUT2D eigenvalue weighted by Crippen LogP contribution is -2.29. The molecule has 2 aromatic heterocycles. The number of nitrogens with two attached hydrogens (primary N) is 1. The lowest BCUT2D eigenvalue weighted by atomic mass is 9.74. The average Bonchev–Trinajstić information content (AvgIpc) is 2.84. The van der Waals surface area contributed by atoms with Gasteiger partial charge in [0.2, 0.25) is 0 Å². The van der Waals surface area contributed by atoms with Crippen molar-refractivity contribution in [2.24, 2.45) is 17.8 Å². The molecule has 20 heavy (non-hydrogen) atoms. The van der Waals surface area contributed by atoms with Gasteiger partial charge in [-0.2, -0.15) is 0 Å². The van der Waals surface area contributed by atoms with E-state index >= 15 is 0 Å². The zero-order valence-corrected chi connectivity index (χ0v) is 12.3. The van der Waals surface area contributed by atoms with Gasteiger partial charge in [-0.25, -0.2) is 14.6 Å². The van der Waals surface area contributed by atoms with Gasteiger partial charge in [0.05, 0.1) is 6.04 Å². The lowest BCUT2D eigenvalue weighted by molar-refractivity contribution is 0.154. The number of nitrogen functional groups attached to an aromatic ring is 1. The standard InChI is InChI=1S/C14H22N6/c1-8(2)10-5-4-9(3)11(6-10)20-14-12(18-19-20)13(15)16-7-17-14/h7-11H,4-6H2,1-3H3,(H2,15,16,17)/t9-,10-,11+/m0/s1. The van der Waals surface area contributed by atoms with Gasteiger partial charge in [0, 0.05) is 0 Å². The normalized spacial score (nSPS) is 27.3. The van der Waals surface area contributed by atoms with Crippen LogP contribution in [0, 0.1) is 17.8 Å². The molecule has 2 N–H and O–H groups in total. The van der Waals surface area contributed by atoms with Crippen LogP contribution in [0.2, 0.25) is 0 Å². The van der Waals surface area contributed by atoms with Gasteiger partial charge in [-0.1, -0.05) is 26.0 Å². The zero-order valence-electron chi connectivity index (χ0n) is 12.3. The Morgan fingerprint density at radius 1 is 1.30 bits per heavy atom. The highest BCUT2D eigenvalue weighted by molar-refractivity contribution is 5.80. The van der Waals surface area contributed by atoms with Crippen LogP contribution in [-0.4, -0.2) is 25.0 Å². The minimum atomic E-state index is 0.357. The van der Waals surface area contributed by atoms with Gasteiger partial charge >= 0.3 is 0 Å². The van der Waals surface area contributed by atoms with Crippen LogP contribution in [0.1, 0.15) is 46.1 Å². The van der Waals surface area contributed by atoms with Crippen LogP contribution in [0.4, 0.5) is 5.82 Å². The summed E-state index contributed by atoms with van der Waals surface area (Å²) in [5.74, 6) is 2.45. The van der Waals surface area contributed by atoms with Crippen LogP contribution < -0.4 is 5.73 Å². The molecule has 0 amide bonds. The van der Waals surface area contributed by atoms with Gasteiger partial charge in [-0.05, 0) is 37.0 Å². The Bertz CT molecular complexity index is 605. The summed E-state index contributed by atoms with van der Waals surface area (Å²) >= 11 is 0. The molecule has 3 atom stereocenters. The zero-order chi connectivity index (χ0) is 14.3. The predicted octanol–water partition coefficient (Wildman–Crippen LogP) is 2.44. The van der Waals surface area contributed by atoms with E-state index < -0.39 is 0 Å². The highest BCUT2D eigenvalue weighted by Crippen LogP contribution is 2.40. The number of hydrogen-bond donors (Lipinski definition) is 1. The van der Waals surface area contributed by atoms with Gasteiger partial charge in [0.1, 0.15) is 6.33 Å². The fourth-order valence-corrected chi connectivity index (χ4v) is 3.28. The summed E-state index contributed by atoms with van der Waals surface area (Å²) in [6, 6.07) is 0.357. The van der Waals surface area contributed by atoms with E-state index in [1.165, 1.54) is 19.2 Å². The molecule has 0 aliphatic heterocycles. The molecule has 2 aromatic rings. The van der Waals surface area contributed by atoms with E-state index in [4.69, 9.17) is 5.73 Å². The van der Waals surface area contributed by atoms with Crippen LogP contribution >= 0.6 is 0 Å². The molecular weight excluding hydrogens is 252 g/mol. The molecule has 1 aliphatic carbocycles. The molecule has 0 aromatic carbocycles. The number of anilines is 1. The highest BCUT2D eigenvalue weighted by Gasteiger charge is 2.32. The minimum absolute atomic E-state index is 0.357. The van der Waals surface area contributed by atoms with Crippen LogP contribution in [0.25, 0.3) is 11.2 Å². The maximum absolute atomic E-state index is 5.84. The van der Waals surface area contributed by atoms with Crippen molar-refractivity contribution in [2.75, 3.05) is 5.73 Å². The summed E-state index contributed by atoms with van der Waals surface area (Å²) in [4.78, 5) is 8.31. The van der Waals surface area contributed by atoms with Crippen molar-refractivity contribution in [3.63, 3.8) is 0 Å². The molecule has 1 fully saturated rings. The maximum Gasteiger partial charge on any atom is 0.184 e. The van der Waals surface area contributed by atoms with E-state index in [2.05, 4.69) is 41.1 Å². The van der Waals surface area contributed by atoms with Gasteiger partial charge in [0.15, 0.2) is 17.0 Å². The second-order valence-corrected chi connectivity index (χ2v) is 6.33. The Hall–Kier alpha value is -1.72. The molecule has 2 heterocycles. The Morgan fingerprint density at radius 2 is 2.10 bits per heavy atom. The van der Waals surface area contributed by atoms with Crippen molar-refractivity contribution in [1.29, 1.82) is 0 Å². The Balaban J connectivity index is 1.98. The molecule has 0 unspecified atom stereocenters. The van der Waals surface area contributed by atoms with Crippen molar-refractivity contribution in [3.8, 4) is 0 Å². The van der Waals surface area contributed by atoms with Crippen LogP contribution in [0.3, 0.4) is 0 Å². The molecule has 6 nitrogen and oxygen atoms in total. The molecule has 0 spiro atoms. The molecule has 0 bridgehead atoms. The summed E-state index contributed by atoms with van der Waals surface area (Å²) in [5, 5.41) is 8.47.